The van der Waals surface area contributed by atoms with Crippen LogP contribution in [0.4, 0.5) is 5.82 Å². The van der Waals surface area contributed by atoms with Gasteiger partial charge in [-0.2, -0.15) is 10.2 Å². The number of aromatic nitrogens is 5. The lowest BCUT2D eigenvalue weighted by atomic mass is 10.1. The van der Waals surface area contributed by atoms with Crippen LogP contribution < -0.4 is 16.2 Å². The first-order valence-corrected chi connectivity index (χ1v) is 12.6. The van der Waals surface area contributed by atoms with Gasteiger partial charge in [0.05, 0.1) is 12.9 Å². The van der Waals surface area contributed by atoms with Crippen LogP contribution in [0.1, 0.15) is 29.8 Å². The first kappa shape index (κ1) is 23.6. The Bertz CT molecular complexity index is 1680. The predicted octanol–water partition coefficient (Wildman–Crippen LogP) is 3.14. The van der Waals surface area contributed by atoms with Crippen molar-refractivity contribution in [3.63, 3.8) is 0 Å². The smallest absolute Gasteiger partial charge is 0.278 e. The predicted molar refractivity (Wildman–Crippen MR) is 143 cm³/mol. The molecule has 0 radical (unpaired) electrons. The lowest BCUT2D eigenvalue weighted by molar-refractivity contribution is 0.420. The molecule has 0 amide bonds. The van der Waals surface area contributed by atoms with Gasteiger partial charge in [0, 0.05) is 31.2 Å². The second kappa shape index (κ2) is 9.95. The summed E-state index contributed by atoms with van der Waals surface area (Å²) in [6, 6.07) is 21.6. The van der Waals surface area contributed by atoms with Gasteiger partial charge in [-0.3, -0.25) is 9.36 Å². The third kappa shape index (κ3) is 4.33. The van der Waals surface area contributed by atoms with Gasteiger partial charge in [-0.1, -0.05) is 53.7 Å². The molecule has 10 nitrogen and oxygen atoms in total. The SMILES string of the molecule is N#Cc1c(N2CCCC(N)C2)n(Cc2ccccc2)c2c(=O)n(Cc3noc(-c4ccccc4)n3)cnc12. The molecule has 0 aliphatic carbocycles. The fourth-order valence-corrected chi connectivity index (χ4v) is 5.09. The summed E-state index contributed by atoms with van der Waals surface area (Å²) < 4.78 is 8.79. The summed E-state index contributed by atoms with van der Waals surface area (Å²) in [5, 5.41) is 14.3. The molecule has 1 aliphatic heterocycles. The molecule has 1 fully saturated rings. The van der Waals surface area contributed by atoms with E-state index in [0.29, 0.717) is 47.2 Å². The first-order valence-electron chi connectivity index (χ1n) is 12.6. The van der Waals surface area contributed by atoms with E-state index in [1.54, 1.807) is 0 Å². The minimum atomic E-state index is -0.277. The van der Waals surface area contributed by atoms with Gasteiger partial charge in [-0.15, -0.1) is 0 Å². The average molecular weight is 507 g/mol. The monoisotopic (exact) mass is 506 g/mol. The molecule has 38 heavy (non-hydrogen) atoms. The maximum Gasteiger partial charge on any atom is 0.278 e. The Balaban J connectivity index is 1.46. The molecule has 2 N–H and O–H groups in total. The number of fused-ring (bicyclic) bond motifs is 1. The highest BCUT2D eigenvalue weighted by molar-refractivity contribution is 5.89. The molecule has 0 spiro atoms. The molecular weight excluding hydrogens is 480 g/mol. The van der Waals surface area contributed by atoms with E-state index in [2.05, 4.69) is 26.1 Å². The standard InChI is InChI=1S/C28H26N8O2/c29-14-22-24-25(36(15-19-8-3-1-4-9-19)27(22)34-13-7-12-21(30)16-34)28(37)35(18-31-24)17-23-32-26(38-33-23)20-10-5-2-6-11-20/h1-6,8-11,18,21H,7,12-13,15-17,30H2. The van der Waals surface area contributed by atoms with Gasteiger partial charge in [-0.25, -0.2) is 4.98 Å². The van der Waals surface area contributed by atoms with Crippen molar-refractivity contribution in [1.29, 1.82) is 5.26 Å². The van der Waals surface area contributed by atoms with Crippen molar-refractivity contribution in [2.75, 3.05) is 18.0 Å². The molecule has 1 aliphatic rings. The molecule has 1 saturated heterocycles. The second-order valence-electron chi connectivity index (χ2n) is 9.49. The van der Waals surface area contributed by atoms with Crippen molar-refractivity contribution in [3.05, 3.63) is 94.3 Å². The molecular formula is C28H26N8O2. The van der Waals surface area contributed by atoms with E-state index in [0.717, 1.165) is 30.5 Å². The number of nitrogens with zero attached hydrogens (tertiary/aromatic N) is 7. The molecule has 0 bridgehead atoms. The van der Waals surface area contributed by atoms with E-state index in [9.17, 15) is 10.1 Å². The number of hydrogen-bond acceptors (Lipinski definition) is 8. The Kier molecular flexibility index (Phi) is 6.19. The Labute approximate surface area is 218 Å². The number of rotatable bonds is 6. The van der Waals surface area contributed by atoms with Crippen molar-refractivity contribution in [1.82, 2.24) is 24.3 Å². The molecule has 1 atom stereocenters. The van der Waals surface area contributed by atoms with Crippen LogP contribution in [-0.2, 0) is 13.1 Å². The van der Waals surface area contributed by atoms with Gasteiger partial charge in [0.15, 0.2) is 5.82 Å². The number of hydrogen-bond donors (Lipinski definition) is 1. The number of anilines is 1. The summed E-state index contributed by atoms with van der Waals surface area (Å²) in [6.45, 7) is 1.87. The van der Waals surface area contributed by atoms with Gasteiger partial charge in [-0.05, 0) is 30.5 Å². The molecule has 190 valence electrons. The van der Waals surface area contributed by atoms with Gasteiger partial charge in [0.2, 0.25) is 0 Å². The lowest BCUT2D eigenvalue weighted by Gasteiger charge is -2.33. The fourth-order valence-electron chi connectivity index (χ4n) is 5.09. The summed E-state index contributed by atoms with van der Waals surface area (Å²) in [4.78, 5) is 25.1. The molecule has 10 heteroatoms. The van der Waals surface area contributed by atoms with Gasteiger partial charge in [0.25, 0.3) is 11.4 Å². The van der Waals surface area contributed by atoms with Gasteiger partial charge < -0.3 is 19.7 Å². The molecule has 1 unspecified atom stereocenters. The van der Waals surface area contributed by atoms with Gasteiger partial charge in [0.1, 0.15) is 28.5 Å². The molecule has 4 heterocycles. The van der Waals surface area contributed by atoms with E-state index in [1.165, 1.54) is 10.9 Å². The normalized spacial score (nSPS) is 15.6. The van der Waals surface area contributed by atoms with E-state index >= 15 is 0 Å². The van der Waals surface area contributed by atoms with Crippen molar-refractivity contribution < 1.29 is 4.52 Å². The molecule has 2 aromatic carbocycles. The third-order valence-corrected chi connectivity index (χ3v) is 6.85. The summed E-state index contributed by atoms with van der Waals surface area (Å²) in [6.07, 6.45) is 3.29. The van der Waals surface area contributed by atoms with Crippen molar-refractivity contribution >= 4 is 16.9 Å². The maximum atomic E-state index is 13.9. The third-order valence-electron chi connectivity index (χ3n) is 6.85. The van der Waals surface area contributed by atoms with Crippen LogP contribution in [0.2, 0.25) is 0 Å². The quantitative estimate of drug-likeness (QED) is 0.372. The topological polar surface area (TPSA) is 132 Å². The highest BCUT2D eigenvalue weighted by atomic mass is 16.5. The minimum Gasteiger partial charge on any atom is -0.355 e. The molecule has 3 aromatic heterocycles. The van der Waals surface area contributed by atoms with Crippen molar-refractivity contribution in [2.45, 2.75) is 32.0 Å². The number of nitriles is 1. The van der Waals surface area contributed by atoms with E-state index in [4.69, 9.17) is 10.3 Å². The molecule has 6 rings (SSSR count). The van der Waals surface area contributed by atoms with Crippen LogP contribution in [0.15, 0.2) is 76.3 Å². The summed E-state index contributed by atoms with van der Waals surface area (Å²) in [5.41, 5.74) is 8.97. The Morgan fingerprint density at radius 3 is 2.58 bits per heavy atom. The zero-order valence-corrected chi connectivity index (χ0v) is 20.7. The number of benzene rings is 2. The summed E-state index contributed by atoms with van der Waals surface area (Å²) >= 11 is 0. The molecule has 5 aromatic rings. The summed E-state index contributed by atoms with van der Waals surface area (Å²) in [5.74, 6) is 1.43. The molecule has 0 saturated carbocycles. The summed E-state index contributed by atoms with van der Waals surface area (Å²) in [7, 11) is 0. The van der Waals surface area contributed by atoms with Crippen LogP contribution in [0, 0.1) is 11.3 Å². The lowest BCUT2D eigenvalue weighted by Crippen LogP contribution is -2.44. The number of nitrogens with two attached hydrogens (primary N) is 1. The van der Waals surface area contributed by atoms with Crippen molar-refractivity contribution in [2.24, 2.45) is 5.73 Å². The zero-order valence-electron chi connectivity index (χ0n) is 20.7. The van der Waals surface area contributed by atoms with Crippen molar-refractivity contribution in [3.8, 4) is 17.5 Å². The minimum absolute atomic E-state index is 0.000137. The Morgan fingerprint density at radius 1 is 1.08 bits per heavy atom. The average Bonchev–Trinajstić information content (AvgIpc) is 3.54. The van der Waals surface area contributed by atoms with E-state index in [1.807, 2.05) is 65.2 Å². The highest BCUT2D eigenvalue weighted by Gasteiger charge is 2.28. The maximum absolute atomic E-state index is 13.9. The van der Waals surface area contributed by atoms with Gasteiger partial charge >= 0.3 is 0 Å². The highest BCUT2D eigenvalue weighted by Crippen LogP contribution is 2.32. The fraction of sp³-hybridized carbons (Fsp3) is 0.250. The van der Waals surface area contributed by atoms with Crippen LogP contribution in [-0.4, -0.2) is 43.4 Å². The second-order valence-corrected chi connectivity index (χ2v) is 9.49. The number of piperidine rings is 1. The van der Waals surface area contributed by atoms with Crippen LogP contribution in [0.5, 0.6) is 0 Å². The van der Waals surface area contributed by atoms with E-state index in [-0.39, 0.29) is 18.1 Å². The Hall–Kier alpha value is -4.75. The van der Waals surface area contributed by atoms with Crippen LogP contribution >= 0.6 is 0 Å². The van der Waals surface area contributed by atoms with E-state index < -0.39 is 0 Å². The van der Waals surface area contributed by atoms with Crippen LogP contribution in [0.3, 0.4) is 0 Å². The Morgan fingerprint density at radius 2 is 1.84 bits per heavy atom. The zero-order chi connectivity index (χ0) is 26.1. The van der Waals surface area contributed by atoms with Crippen LogP contribution in [0.25, 0.3) is 22.5 Å². The largest absolute Gasteiger partial charge is 0.355 e. The first-order chi connectivity index (χ1) is 18.6.